The number of likely N-dealkylation sites (N-methyl/N-ethyl adjacent to an activating group) is 1. The highest BCUT2D eigenvalue weighted by molar-refractivity contribution is 7.08. The summed E-state index contributed by atoms with van der Waals surface area (Å²) >= 11 is 1.51. The zero-order valence-corrected chi connectivity index (χ0v) is 17.3. The van der Waals surface area contributed by atoms with Gasteiger partial charge in [0.05, 0.1) is 23.9 Å². The third kappa shape index (κ3) is 4.04. The van der Waals surface area contributed by atoms with E-state index in [2.05, 4.69) is 5.32 Å². The van der Waals surface area contributed by atoms with Gasteiger partial charge in [0.15, 0.2) is 0 Å². The van der Waals surface area contributed by atoms with E-state index in [0.29, 0.717) is 17.0 Å². The molecule has 1 N–H and O–H groups in total. The molecule has 0 bridgehead atoms. The van der Waals surface area contributed by atoms with Crippen molar-refractivity contribution >= 4 is 23.3 Å². The van der Waals surface area contributed by atoms with Gasteiger partial charge >= 0.3 is 12.0 Å². The number of hydrogen-bond acceptors (Lipinski definition) is 5. The molecule has 148 valence electrons. The van der Waals surface area contributed by atoms with Gasteiger partial charge in [0.2, 0.25) is 0 Å². The minimum Gasteiger partial charge on any atom is -0.487 e. The van der Waals surface area contributed by atoms with Gasteiger partial charge in [-0.15, -0.1) is 0 Å². The molecular weight excluding hydrogens is 376 g/mol. The predicted octanol–water partition coefficient (Wildman–Crippen LogP) is 3.96. The van der Waals surface area contributed by atoms with Crippen LogP contribution in [0.4, 0.5) is 4.79 Å². The second-order valence-corrected chi connectivity index (χ2v) is 7.39. The molecule has 0 spiro atoms. The molecule has 3 rings (SSSR count). The number of thiophene rings is 1. The highest BCUT2D eigenvalue weighted by Crippen LogP contribution is 2.32. The number of aryl methyl sites for hydroxylation is 2. The minimum absolute atomic E-state index is 0.0845. The Morgan fingerprint density at radius 2 is 2.04 bits per heavy atom. The van der Waals surface area contributed by atoms with Crippen LogP contribution in [-0.4, -0.2) is 37.2 Å². The van der Waals surface area contributed by atoms with Crippen LogP contribution in [0.1, 0.15) is 29.7 Å². The third-order valence-electron chi connectivity index (χ3n) is 4.80. The van der Waals surface area contributed by atoms with Gasteiger partial charge in [-0.25, -0.2) is 9.59 Å². The number of ether oxygens (including phenoxy) is 2. The quantitative estimate of drug-likeness (QED) is 0.746. The van der Waals surface area contributed by atoms with E-state index in [9.17, 15) is 9.59 Å². The van der Waals surface area contributed by atoms with Gasteiger partial charge in [0.25, 0.3) is 0 Å². The molecule has 0 aliphatic carbocycles. The molecule has 2 amide bonds. The fraction of sp³-hybridized carbons (Fsp3) is 0.333. The number of rotatable bonds is 6. The summed E-state index contributed by atoms with van der Waals surface area (Å²) < 4.78 is 11.2. The molecule has 0 saturated heterocycles. The van der Waals surface area contributed by atoms with Gasteiger partial charge in [-0.3, -0.25) is 4.90 Å². The number of nitrogens with one attached hydrogen (secondary N) is 1. The van der Waals surface area contributed by atoms with E-state index in [-0.39, 0.29) is 19.2 Å². The number of carbonyl (C=O) groups is 2. The lowest BCUT2D eigenvalue weighted by atomic mass is 9.97. The molecule has 2 aromatic rings. The maximum Gasteiger partial charge on any atom is 0.338 e. The maximum atomic E-state index is 12.8. The van der Waals surface area contributed by atoms with Gasteiger partial charge in [0.1, 0.15) is 12.4 Å². The first-order chi connectivity index (χ1) is 13.4. The SMILES string of the molecule is CCOC(=O)C1=C(COc2ccc(C)c(C)c2)N(C)C(=O)N[C@@H]1c1ccsc1. The Morgan fingerprint density at radius 1 is 1.25 bits per heavy atom. The fourth-order valence-electron chi connectivity index (χ4n) is 3.03. The number of urea groups is 1. The summed E-state index contributed by atoms with van der Waals surface area (Å²) in [5.74, 6) is 0.231. The lowest BCUT2D eigenvalue weighted by Crippen LogP contribution is -2.48. The summed E-state index contributed by atoms with van der Waals surface area (Å²) in [5, 5.41) is 6.71. The highest BCUT2D eigenvalue weighted by Gasteiger charge is 2.37. The van der Waals surface area contributed by atoms with Crippen molar-refractivity contribution in [2.45, 2.75) is 26.8 Å². The van der Waals surface area contributed by atoms with Crippen molar-refractivity contribution in [3.8, 4) is 5.75 Å². The van der Waals surface area contributed by atoms with Crippen LogP contribution in [0.2, 0.25) is 0 Å². The van der Waals surface area contributed by atoms with Crippen molar-refractivity contribution in [3.05, 3.63) is 63.0 Å². The molecule has 28 heavy (non-hydrogen) atoms. The average Bonchev–Trinajstić information content (AvgIpc) is 3.20. The summed E-state index contributed by atoms with van der Waals surface area (Å²) in [5.41, 5.74) is 4.02. The fourth-order valence-corrected chi connectivity index (χ4v) is 3.71. The summed E-state index contributed by atoms with van der Waals surface area (Å²) in [6, 6.07) is 6.85. The third-order valence-corrected chi connectivity index (χ3v) is 5.50. The second kappa shape index (κ2) is 8.48. The topological polar surface area (TPSA) is 67.9 Å². The monoisotopic (exact) mass is 400 g/mol. The zero-order chi connectivity index (χ0) is 20.3. The Bertz CT molecular complexity index is 905. The van der Waals surface area contributed by atoms with E-state index in [4.69, 9.17) is 9.47 Å². The molecule has 0 fully saturated rings. The molecule has 0 unspecified atom stereocenters. The van der Waals surface area contributed by atoms with Crippen molar-refractivity contribution in [2.75, 3.05) is 20.3 Å². The van der Waals surface area contributed by atoms with Crippen LogP contribution in [0.25, 0.3) is 0 Å². The van der Waals surface area contributed by atoms with E-state index in [0.717, 1.165) is 11.1 Å². The first kappa shape index (κ1) is 19.9. The molecule has 1 atom stereocenters. The number of benzene rings is 1. The molecule has 1 aromatic heterocycles. The van der Waals surface area contributed by atoms with Crippen molar-refractivity contribution in [1.82, 2.24) is 10.2 Å². The first-order valence-corrected chi connectivity index (χ1v) is 10.0. The van der Waals surface area contributed by atoms with Crippen LogP contribution in [0.15, 0.2) is 46.3 Å². The Morgan fingerprint density at radius 3 is 2.68 bits per heavy atom. The number of carbonyl (C=O) groups excluding carboxylic acids is 2. The molecule has 1 aromatic carbocycles. The van der Waals surface area contributed by atoms with E-state index >= 15 is 0 Å². The molecular formula is C21H24N2O4S. The molecule has 0 saturated carbocycles. The lowest BCUT2D eigenvalue weighted by molar-refractivity contribution is -0.139. The van der Waals surface area contributed by atoms with Crippen molar-refractivity contribution < 1.29 is 19.1 Å². The number of nitrogens with zero attached hydrogens (tertiary/aromatic N) is 1. The number of amides is 2. The van der Waals surface area contributed by atoms with Gasteiger partial charge in [0, 0.05) is 7.05 Å². The van der Waals surface area contributed by atoms with Crippen molar-refractivity contribution in [2.24, 2.45) is 0 Å². The standard InChI is InChI=1S/C21H24N2O4S/c1-5-26-20(24)18-17(11-27-16-7-6-13(2)14(3)10-16)23(4)21(25)22-19(18)15-8-9-28-12-15/h6-10,12,19H,5,11H2,1-4H3,(H,22,25)/t19-/m1/s1. The Kier molecular flexibility index (Phi) is 6.04. The zero-order valence-electron chi connectivity index (χ0n) is 16.4. The lowest BCUT2D eigenvalue weighted by Gasteiger charge is -2.34. The van der Waals surface area contributed by atoms with E-state index in [1.807, 2.05) is 48.9 Å². The second-order valence-electron chi connectivity index (χ2n) is 6.61. The largest absolute Gasteiger partial charge is 0.487 e. The summed E-state index contributed by atoms with van der Waals surface area (Å²) in [6.45, 7) is 6.14. The molecule has 0 radical (unpaired) electrons. The predicted molar refractivity (Wildman–Crippen MR) is 108 cm³/mol. The Labute approximate surface area is 168 Å². The van der Waals surface area contributed by atoms with Gasteiger partial charge in [-0.05, 0) is 66.4 Å². The Hall–Kier alpha value is -2.80. The summed E-state index contributed by atoms with van der Waals surface area (Å²) in [6.07, 6.45) is 0. The highest BCUT2D eigenvalue weighted by atomic mass is 32.1. The van der Waals surface area contributed by atoms with E-state index in [1.165, 1.54) is 21.8 Å². The van der Waals surface area contributed by atoms with Crippen LogP contribution in [-0.2, 0) is 9.53 Å². The minimum atomic E-state index is -0.563. The molecule has 2 heterocycles. The number of esters is 1. The molecule has 6 nitrogen and oxygen atoms in total. The summed E-state index contributed by atoms with van der Waals surface area (Å²) in [7, 11) is 1.62. The van der Waals surface area contributed by atoms with Crippen LogP contribution in [0.5, 0.6) is 5.75 Å². The van der Waals surface area contributed by atoms with Gasteiger partial charge in [-0.1, -0.05) is 6.07 Å². The average molecular weight is 401 g/mol. The normalized spacial score (nSPS) is 16.8. The van der Waals surface area contributed by atoms with E-state index in [1.54, 1.807) is 14.0 Å². The van der Waals surface area contributed by atoms with Gasteiger partial charge in [-0.2, -0.15) is 11.3 Å². The van der Waals surface area contributed by atoms with E-state index < -0.39 is 12.0 Å². The van der Waals surface area contributed by atoms with Crippen LogP contribution in [0, 0.1) is 13.8 Å². The number of hydrogen-bond donors (Lipinski definition) is 1. The van der Waals surface area contributed by atoms with Crippen molar-refractivity contribution in [3.63, 3.8) is 0 Å². The van der Waals surface area contributed by atoms with Crippen LogP contribution < -0.4 is 10.1 Å². The van der Waals surface area contributed by atoms with Crippen molar-refractivity contribution in [1.29, 1.82) is 0 Å². The maximum absolute atomic E-state index is 12.8. The molecule has 1 aliphatic heterocycles. The molecule has 7 heteroatoms. The smallest absolute Gasteiger partial charge is 0.338 e. The first-order valence-electron chi connectivity index (χ1n) is 9.09. The van der Waals surface area contributed by atoms with Gasteiger partial charge < -0.3 is 14.8 Å². The molecule has 1 aliphatic rings. The summed E-state index contributed by atoms with van der Waals surface area (Å²) in [4.78, 5) is 26.7. The van der Waals surface area contributed by atoms with Crippen LogP contribution >= 0.6 is 11.3 Å². The Balaban J connectivity index is 1.98. The van der Waals surface area contributed by atoms with Crippen LogP contribution in [0.3, 0.4) is 0 Å².